The van der Waals surface area contributed by atoms with Crippen LogP contribution in [0.4, 0.5) is 5.69 Å². The number of likely N-dealkylation sites (tertiary alicyclic amines) is 1. The number of nitrogens with one attached hydrogen (secondary N) is 1. The molecular formula is C24H28BrN3O4S. The van der Waals surface area contributed by atoms with Gasteiger partial charge < -0.3 is 19.9 Å². The van der Waals surface area contributed by atoms with Crippen molar-refractivity contribution < 1.29 is 19.1 Å². The van der Waals surface area contributed by atoms with Gasteiger partial charge in [-0.15, -0.1) is 11.3 Å². The first-order valence-corrected chi connectivity index (χ1v) is 12.8. The molecule has 1 N–H and O–H groups in total. The van der Waals surface area contributed by atoms with E-state index in [0.717, 1.165) is 40.8 Å². The number of amides is 3. The van der Waals surface area contributed by atoms with Crippen LogP contribution in [0, 0.1) is 6.92 Å². The molecule has 2 fully saturated rings. The minimum atomic E-state index is -0.251. The third kappa shape index (κ3) is 5.31. The standard InChI is InChI=1S/C24H28BrN3O4S/c1-15-12-18(5-6-19(15)24(31)27-10-3-4-17(27)9-11-32-2)28-14-16(13-22(28)29)26-23(30)20-7-8-21(25)33-20/h5-8,12,16-17H,3-4,9-11,13-14H2,1-2H3,(H,26,30)/t16?,17-/m1/s1. The predicted molar refractivity (Wildman–Crippen MR) is 132 cm³/mol. The summed E-state index contributed by atoms with van der Waals surface area (Å²) in [7, 11) is 1.68. The number of anilines is 1. The minimum absolute atomic E-state index is 0.0368. The number of ether oxygens (including phenoxy) is 1. The highest BCUT2D eigenvalue weighted by Crippen LogP contribution is 2.28. The van der Waals surface area contributed by atoms with Crippen LogP contribution in [0.2, 0.25) is 0 Å². The van der Waals surface area contributed by atoms with E-state index in [4.69, 9.17) is 4.74 Å². The molecule has 33 heavy (non-hydrogen) atoms. The van der Waals surface area contributed by atoms with Gasteiger partial charge in [0.1, 0.15) is 0 Å². The maximum atomic E-state index is 13.2. The van der Waals surface area contributed by atoms with E-state index in [0.29, 0.717) is 23.6 Å². The van der Waals surface area contributed by atoms with Gasteiger partial charge >= 0.3 is 0 Å². The second-order valence-corrected chi connectivity index (χ2v) is 11.0. The number of benzene rings is 1. The van der Waals surface area contributed by atoms with Crippen LogP contribution in [0.3, 0.4) is 0 Å². The highest BCUT2D eigenvalue weighted by atomic mass is 79.9. The molecule has 0 radical (unpaired) electrons. The molecule has 2 aliphatic rings. The molecule has 1 aromatic heterocycles. The van der Waals surface area contributed by atoms with Crippen LogP contribution in [0.25, 0.3) is 0 Å². The minimum Gasteiger partial charge on any atom is -0.385 e. The molecule has 2 atom stereocenters. The van der Waals surface area contributed by atoms with Gasteiger partial charge in [0.05, 0.1) is 14.7 Å². The molecular weight excluding hydrogens is 506 g/mol. The molecule has 2 aliphatic heterocycles. The number of halogens is 1. The Bertz CT molecular complexity index is 1060. The summed E-state index contributed by atoms with van der Waals surface area (Å²) in [6.07, 6.45) is 3.11. The molecule has 1 aromatic carbocycles. The fourth-order valence-corrected chi connectivity index (χ4v) is 5.90. The Labute approximate surface area is 206 Å². The van der Waals surface area contributed by atoms with Crippen LogP contribution in [-0.2, 0) is 9.53 Å². The summed E-state index contributed by atoms with van der Waals surface area (Å²) in [4.78, 5) is 42.6. The molecule has 0 saturated carbocycles. The van der Waals surface area contributed by atoms with Crippen molar-refractivity contribution in [2.45, 2.75) is 44.7 Å². The number of methoxy groups -OCH3 is 1. The summed E-state index contributed by atoms with van der Waals surface area (Å²) in [5.41, 5.74) is 2.27. The first-order chi connectivity index (χ1) is 15.9. The second kappa shape index (κ2) is 10.4. The zero-order valence-corrected chi connectivity index (χ0v) is 21.2. The van der Waals surface area contributed by atoms with E-state index in [1.165, 1.54) is 11.3 Å². The van der Waals surface area contributed by atoms with Crippen molar-refractivity contribution in [1.82, 2.24) is 10.2 Å². The molecule has 2 aromatic rings. The third-order valence-electron chi connectivity index (χ3n) is 6.30. The summed E-state index contributed by atoms with van der Waals surface area (Å²) < 4.78 is 6.09. The van der Waals surface area contributed by atoms with Gasteiger partial charge in [-0.25, -0.2) is 0 Å². The van der Waals surface area contributed by atoms with E-state index >= 15 is 0 Å². The molecule has 7 nitrogen and oxygen atoms in total. The van der Waals surface area contributed by atoms with Crippen molar-refractivity contribution in [2.24, 2.45) is 0 Å². The van der Waals surface area contributed by atoms with Crippen LogP contribution in [0.5, 0.6) is 0 Å². The van der Waals surface area contributed by atoms with Gasteiger partial charge in [-0.2, -0.15) is 0 Å². The molecule has 0 bridgehead atoms. The monoisotopic (exact) mass is 533 g/mol. The normalized spacial score (nSPS) is 20.5. The Morgan fingerprint density at radius 1 is 1.27 bits per heavy atom. The SMILES string of the molecule is COCC[C@H]1CCCN1C(=O)c1ccc(N2CC(NC(=O)c3ccc(Br)s3)CC2=O)cc1C. The zero-order valence-electron chi connectivity index (χ0n) is 18.8. The van der Waals surface area contributed by atoms with E-state index in [2.05, 4.69) is 21.2 Å². The lowest BCUT2D eigenvalue weighted by Gasteiger charge is -2.26. The average Bonchev–Trinajstić information content (AvgIpc) is 3.51. The summed E-state index contributed by atoms with van der Waals surface area (Å²) in [5.74, 6) is -0.168. The van der Waals surface area contributed by atoms with Crippen LogP contribution in [0.1, 0.15) is 51.3 Å². The van der Waals surface area contributed by atoms with Crippen molar-refractivity contribution >= 4 is 50.7 Å². The summed E-state index contributed by atoms with van der Waals surface area (Å²) in [5, 5.41) is 2.96. The number of hydrogen-bond donors (Lipinski definition) is 1. The highest BCUT2D eigenvalue weighted by Gasteiger charge is 2.33. The van der Waals surface area contributed by atoms with Gasteiger partial charge in [0, 0.05) is 50.5 Å². The number of nitrogens with zero attached hydrogens (tertiary/aromatic N) is 2. The van der Waals surface area contributed by atoms with Crippen LogP contribution in [0.15, 0.2) is 34.1 Å². The van der Waals surface area contributed by atoms with Gasteiger partial charge in [-0.05, 0) is 78.0 Å². The Hall–Kier alpha value is -2.23. The van der Waals surface area contributed by atoms with Gasteiger partial charge in [0.15, 0.2) is 0 Å². The van der Waals surface area contributed by atoms with Gasteiger partial charge in [-0.3, -0.25) is 14.4 Å². The van der Waals surface area contributed by atoms with Crippen molar-refractivity contribution in [1.29, 1.82) is 0 Å². The quantitative estimate of drug-likeness (QED) is 0.583. The number of carbonyl (C=O) groups excluding carboxylic acids is 3. The Balaban J connectivity index is 1.42. The van der Waals surface area contributed by atoms with Crippen molar-refractivity contribution in [3.63, 3.8) is 0 Å². The highest BCUT2D eigenvalue weighted by molar-refractivity contribution is 9.11. The smallest absolute Gasteiger partial charge is 0.261 e. The van der Waals surface area contributed by atoms with E-state index in [1.54, 1.807) is 18.1 Å². The van der Waals surface area contributed by atoms with Gasteiger partial charge in [0.25, 0.3) is 11.8 Å². The average molecular weight is 534 g/mol. The molecule has 2 saturated heterocycles. The number of carbonyl (C=O) groups is 3. The van der Waals surface area contributed by atoms with Crippen LogP contribution >= 0.6 is 27.3 Å². The van der Waals surface area contributed by atoms with Crippen molar-refractivity contribution in [2.75, 3.05) is 31.7 Å². The third-order valence-corrected chi connectivity index (χ3v) is 7.92. The van der Waals surface area contributed by atoms with Crippen LogP contribution < -0.4 is 10.2 Å². The molecule has 3 amide bonds. The predicted octanol–water partition coefficient (Wildman–Crippen LogP) is 4.00. The van der Waals surface area contributed by atoms with E-state index in [1.807, 2.05) is 36.1 Å². The fourth-order valence-electron chi connectivity index (χ4n) is 4.61. The Morgan fingerprint density at radius 2 is 2.09 bits per heavy atom. The first-order valence-electron chi connectivity index (χ1n) is 11.1. The maximum absolute atomic E-state index is 13.2. The zero-order chi connectivity index (χ0) is 23.5. The molecule has 3 heterocycles. The van der Waals surface area contributed by atoms with Gasteiger partial charge in [-0.1, -0.05) is 0 Å². The fraction of sp³-hybridized carbons (Fsp3) is 0.458. The molecule has 0 aliphatic carbocycles. The summed E-state index contributed by atoms with van der Waals surface area (Å²) >= 11 is 4.73. The van der Waals surface area contributed by atoms with Gasteiger partial charge in [0.2, 0.25) is 5.91 Å². The lowest BCUT2D eigenvalue weighted by atomic mass is 10.0. The molecule has 4 rings (SSSR count). The molecule has 176 valence electrons. The summed E-state index contributed by atoms with van der Waals surface area (Å²) in [6.45, 7) is 3.73. The van der Waals surface area contributed by atoms with E-state index in [9.17, 15) is 14.4 Å². The number of aryl methyl sites for hydroxylation is 1. The maximum Gasteiger partial charge on any atom is 0.261 e. The van der Waals surface area contributed by atoms with E-state index < -0.39 is 0 Å². The molecule has 1 unspecified atom stereocenters. The number of rotatable bonds is 7. The van der Waals surface area contributed by atoms with E-state index in [-0.39, 0.29) is 36.2 Å². The van der Waals surface area contributed by atoms with Crippen molar-refractivity contribution in [3.8, 4) is 0 Å². The van der Waals surface area contributed by atoms with Crippen molar-refractivity contribution in [3.05, 3.63) is 50.1 Å². The largest absolute Gasteiger partial charge is 0.385 e. The number of thiophene rings is 1. The topological polar surface area (TPSA) is 79.0 Å². The Morgan fingerprint density at radius 3 is 2.79 bits per heavy atom. The number of hydrogen-bond acceptors (Lipinski definition) is 5. The van der Waals surface area contributed by atoms with Crippen LogP contribution in [-0.4, -0.2) is 61.5 Å². The first kappa shape index (κ1) is 23.9. The lowest BCUT2D eigenvalue weighted by molar-refractivity contribution is -0.117. The summed E-state index contributed by atoms with van der Waals surface area (Å²) in [6, 6.07) is 9.10. The lowest BCUT2D eigenvalue weighted by Crippen LogP contribution is -2.37. The molecule has 0 spiro atoms. The molecule has 9 heteroatoms. The second-order valence-electron chi connectivity index (χ2n) is 8.56. The Kier molecular flexibility index (Phi) is 7.51.